The number of benzene rings is 1. The van der Waals surface area contributed by atoms with E-state index < -0.39 is 0 Å². The number of aryl methyl sites for hydroxylation is 1. The Morgan fingerprint density at radius 2 is 2.15 bits per heavy atom. The van der Waals surface area contributed by atoms with Crippen LogP contribution >= 0.6 is 11.3 Å². The molecule has 0 saturated heterocycles. The van der Waals surface area contributed by atoms with Crippen LogP contribution in [0.15, 0.2) is 36.5 Å². The molecule has 0 amide bonds. The van der Waals surface area contributed by atoms with Gasteiger partial charge in [0.1, 0.15) is 0 Å². The Kier molecular flexibility index (Phi) is 3.52. The maximum atomic E-state index is 5.12. The highest BCUT2D eigenvalue weighted by molar-refractivity contribution is 7.22. The van der Waals surface area contributed by atoms with Gasteiger partial charge in [-0.3, -0.25) is 0 Å². The number of pyridine rings is 1. The molecule has 0 fully saturated rings. The van der Waals surface area contributed by atoms with Crippen LogP contribution in [0, 0.1) is 6.92 Å². The molecule has 2 heterocycles. The lowest BCUT2D eigenvalue weighted by Crippen LogP contribution is -1.99. The minimum absolute atomic E-state index is 0.629. The van der Waals surface area contributed by atoms with Crippen molar-refractivity contribution in [2.24, 2.45) is 0 Å². The third-order valence-corrected chi connectivity index (χ3v) is 3.99. The maximum absolute atomic E-state index is 5.12. The van der Waals surface area contributed by atoms with Gasteiger partial charge in [-0.15, -0.1) is 0 Å². The maximum Gasteiger partial charge on any atom is 0.213 e. The van der Waals surface area contributed by atoms with Gasteiger partial charge in [-0.25, -0.2) is 9.97 Å². The normalized spacial score (nSPS) is 10.7. The molecular formula is C15H15N3OS. The molecule has 0 aliphatic carbocycles. The number of ether oxygens (including phenoxy) is 1. The number of hydrogen-bond donors (Lipinski definition) is 1. The summed E-state index contributed by atoms with van der Waals surface area (Å²) in [5.41, 5.74) is 3.39. The largest absolute Gasteiger partial charge is 0.481 e. The molecule has 0 atom stereocenters. The summed E-state index contributed by atoms with van der Waals surface area (Å²) < 4.78 is 6.32. The average Bonchev–Trinajstić information content (AvgIpc) is 2.87. The van der Waals surface area contributed by atoms with Crippen molar-refractivity contribution in [1.29, 1.82) is 0 Å². The van der Waals surface area contributed by atoms with Crippen molar-refractivity contribution in [1.82, 2.24) is 9.97 Å². The summed E-state index contributed by atoms with van der Waals surface area (Å²) in [6, 6.07) is 10.2. The molecule has 1 N–H and O–H groups in total. The Balaban J connectivity index is 1.76. The molecule has 3 aromatic rings. The van der Waals surface area contributed by atoms with Crippen molar-refractivity contribution in [2.45, 2.75) is 13.5 Å². The van der Waals surface area contributed by atoms with Gasteiger partial charge in [0, 0.05) is 18.8 Å². The van der Waals surface area contributed by atoms with Crippen molar-refractivity contribution in [2.75, 3.05) is 12.4 Å². The van der Waals surface area contributed by atoms with E-state index in [0.29, 0.717) is 12.4 Å². The summed E-state index contributed by atoms with van der Waals surface area (Å²) in [5, 5.41) is 4.28. The molecule has 0 aliphatic heterocycles. The SMILES string of the molecule is COc1cc(CNc2nc3cc(C)ccc3s2)ccn1. The molecule has 0 bridgehead atoms. The molecule has 20 heavy (non-hydrogen) atoms. The number of thiazole rings is 1. The highest BCUT2D eigenvalue weighted by atomic mass is 32.1. The molecule has 0 aliphatic rings. The molecule has 3 rings (SSSR count). The number of aromatic nitrogens is 2. The van der Waals surface area contributed by atoms with Gasteiger partial charge in [-0.1, -0.05) is 17.4 Å². The monoisotopic (exact) mass is 285 g/mol. The minimum Gasteiger partial charge on any atom is -0.481 e. The van der Waals surface area contributed by atoms with Gasteiger partial charge in [0.25, 0.3) is 0 Å². The number of fused-ring (bicyclic) bond motifs is 1. The quantitative estimate of drug-likeness (QED) is 0.795. The molecular weight excluding hydrogens is 270 g/mol. The van der Waals surface area contributed by atoms with E-state index in [9.17, 15) is 0 Å². The van der Waals surface area contributed by atoms with Crippen LogP contribution in [0.1, 0.15) is 11.1 Å². The van der Waals surface area contributed by atoms with E-state index in [1.807, 2.05) is 12.1 Å². The zero-order chi connectivity index (χ0) is 13.9. The van der Waals surface area contributed by atoms with E-state index >= 15 is 0 Å². The van der Waals surface area contributed by atoms with Crippen LogP contribution in [0.4, 0.5) is 5.13 Å². The molecule has 102 valence electrons. The van der Waals surface area contributed by atoms with Crippen LogP contribution in [0.3, 0.4) is 0 Å². The Bertz CT molecular complexity index is 739. The number of anilines is 1. The summed E-state index contributed by atoms with van der Waals surface area (Å²) in [5.74, 6) is 0.629. The standard InChI is InChI=1S/C15H15N3OS/c1-10-3-4-13-12(7-10)18-15(20-13)17-9-11-5-6-16-14(8-11)19-2/h3-8H,9H2,1-2H3,(H,17,18). The van der Waals surface area contributed by atoms with Gasteiger partial charge in [0.15, 0.2) is 5.13 Å². The second kappa shape index (κ2) is 5.46. The Morgan fingerprint density at radius 1 is 1.25 bits per heavy atom. The predicted octanol–water partition coefficient (Wildman–Crippen LogP) is 3.62. The molecule has 0 spiro atoms. The fourth-order valence-corrected chi connectivity index (χ4v) is 2.80. The molecule has 4 nitrogen and oxygen atoms in total. The van der Waals surface area contributed by atoms with Gasteiger partial charge < -0.3 is 10.1 Å². The number of rotatable bonds is 4. The van der Waals surface area contributed by atoms with Gasteiger partial charge >= 0.3 is 0 Å². The average molecular weight is 285 g/mol. The summed E-state index contributed by atoms with van der Waals surface area (Å²) in [6.07, 6.45) is 1.75. The second-order valence-corrected chi connectivity index (χ2v) is 5.58. The lowest BCUT2D eigenvalue weighted by atomic mass is 10.2. The number of hydrogen-bond acceptors (Lipinski definition) is 5. The zero-order valence-electron chi connectivity index (χ0n) is 11.4. The fraction of sp³-hybridized carbons (Fsp3) is 0.200. The Morgan fingerprint density at radius 3 is 3.00 bits per heavy atom. The van der Waals surface area contributed by atoms with Crippen molar-refractivity contribution < 1.29 is 4.74 Å². The molecule has 0 unspecified atom stereocenters. The van der Waals surface area contributed by atoms with Crippen LogP contribution in [-0.4, -0.2) is 17.1 Å². The third kappa shape index (κ3) is 2.72. The summed E-state index contributed by atoms with van der Waals surface area (Å²) in [7, 11) is 1.62. The fourth-order valence-electron chi connectivity index (χ4n) is 1.96. The van der Waals surface area contributed by atoms with Crippen LogP contribution in [0.25, 0.3) is 10.2 Å². The Labute approximate surface area is 121 Å². The zero-order valence-corrected chi connectivity index (χ0v) is 12.2. The summed E-state index contributed by atoms with van der Waals surface area (Å²) in [6.45, 7) is 2.78. The van der Waals surface area contributed by atoms with Crippen LogP contribution in [-0.2, 0) is 6.54 Å². The molecule has 0 saturated carbocycles. The minimum atomic E-state index is 0.629. The van der Waals surface area contributed by atoms with Crippen molar-refractivity contribution in [3.63, 3.8) is 0 Å². The van der Waals surface area contributed by atoms with Gasteiger partial charge in [-0.05, 0) is 36.2 Å². The first kappa shape index (κ1) is 12.9. The molecule has 0 radical (unpaired) electrons. The highest BCUT2D eigenvalue weighted by Gasteiger charge is 2.04. The summed E-state index contributed by atoms with van der Waals surface area (Å²) in [4.78, 5) is 8.69. The van der Waals surface area contributed by atoms with Crippen molar-refractivity contribution in [3.05, 3.63) is 47.7 Å². The first-order chi connectivity index (χ1) is 9.74. The topological polar surface area (TPSA) is 47.0 Å². The smallest absolute Gasteiger partial charge is 0.213 e. The first-order valence-corrected chi connectivity index (χ1v) is 7.16. The lowest BCUT2D eigenvalue weighted by molar-refractivity contribution is 0.397. The van der Waals surface area contributed by atoms with Crippen LogP contribution in [0.5, 0.6) is 5.88 Å². The van der Waals surface area contributed by atoms with Crippen molar-refractivity contribution >= 4 is 26.7 Å². The Hall–Kier alpha value is -2.14. The third-order valence-electron chi connectivity index (χ3n) is 3.00. The molecule has 1 aromatic carbocycles. The van der Waals surface area contributed by atoms with E-state index in [-0.39, 0.29) is 0 Å². The van der Waals surface area contributed by atoms with E-state index in [1.54, 1.807) is 24.6 Å². The van der Waals surface area contributed by atoms with E-state index in [0.717, 1.165) is 16.2 Å². The first-order valence-electron chi connectivity index (χ1n) is 6.34. The van der Waals surface area contributed by atoms with E-state index in [2.05, 4.69) is 40.4 Å². The highest BCUT2D eigenvalue weighted by Crippen LogP contribution is 2.26. The molecule has 5 heteroatoms. The van der Waals surface area contributed by atoms with Crippen LogP contribution < -0.4 is 10.1 Å². The summed E-state index contributed by atoms with van der Waals surface area (Å²) >= 11 is 1.67. The number of nitrogens with zero attached hydrogens (tertiary/aromatic N) is 2. The lowest BCUT2D eigenvalue weighted by Gasteiger charge is -2.04. The second-order valence-electron chi connectivity index (χ2n) is 4.55. The number of methoxy groups -OCH3 is 1. The van der Waals surface area contributed by atoms with Crippen molar-refractivity contribution in [3.8, 4) is 5.88 Å². The van der Waals surface area contributed by atoms with Gasteiger partial charge in [0.05, 0.1) is 17.3 Å². The molecule has 2 aromatic heterocycles. The van der Waals surface area contributed by atoms with E-state index in [1.165, 1.54) is 10.3 Å². The van der Waals surface area contributed by atoms with Crippen LogP contribution in [0.2, 0.25) is 0 Å². The van der Waals surface area contributed by atoms with Gasteiger partial charge in [0.2, 0.25) is 5.88 Å². The number of nitrogens with one attached hydrogen (secondary N) is 1. The van der Waals surface area contributed by atoms with E-state index in [4.69, 9.17) is 4.74 Å². The predicted molar refractivity (Wildman–Crippen MR) is 82.5 cm³/mol. The van der Waals surface area contributed by atoms with Gasteiger partial charge in [-0.2, -0.15) is 0 Å².